The third-order valence-corrected chi connectivity index (χ3v) is 5.70. The monoisotopic (exact) mass is 332 g/mol. The van der Waals surface area contributed by atoms with E-state index in [1.807, 2.05) is 12.3 Å². The maximum absolute atomic E-state index is 12.2. The van der Waals surface area contributed by atoms with Crippen molar-refractivity contribution in [2.45, 2.75) is 16.2 Å². The maximum Gasteiger partial charge on any atom is 0.240 e. The highest BCUT2D eigenvalue weighted by atomic mass is 35.5. The number of hydrogen-bond donors (Lipinski definition) is 2. The summed E-state index contributed by atoms with van der Waals surface area (Å²) in [6, 6.07) is 4.80. The largest absolute Gasteiger partial charge is 0.313 e. The van der Waals surface area contributed by atoms with E-state index in [9.17, 15) is 8.42 Å². The highest BCUT2D eigenvalue weighted by Gasteiger charge is 2.16. The van der Waals surface area contributed by atoms with E-state index in [1.54, 1.807) is 12.1 Å². The van der Waals surface area contributed by atoms with E-state index in [4.69, 9.17) is 11.6 Å². The number of nitrogens with one attached hydrogen (secondary N) is 2. The summed E-state index contributed by atoms with van der Waals surface area (Å²) in [6.07, 6.45) is 4.79. The van der Waals surface area contributed by atoms with Gasteiger partial charge >= 0.3 is 0 Å². The smallest absolute Gasteiger partial charge is 0.240 e. The molecule has 0 amide bonds. The fourth-order valence-electron chi connectivity index (χ4n) is 1.92. The van der Waals surface area contributed by atoms with Gasteiger partial charge in [0.25, 0.3) is 0 Å². The lowest BCUT2D eigenvalue weighted by Crippen LogP contribution is -2.29. The SMILES string of the molecule is CSc1ccc(S(=O)(=O)NCC2=CCNCC2)cc1Cl. The molecule has 0 saturated carbocycles. The zero-order chi connectivity index (χ0) is 14.6. The van der Waals surface area contributed by atoms with E-state index < -0.39 is 10.0 Å². The van der Waals surface area contributed by atoms with Gasteiger partial charge in [-0.25, -0.2) is 13.1 Å². The molecule has 0 bridgehead atoms. The van der Waals surface area contributed by atoms with E-state index in [2.05, 4.69) is 10.0 Å². The minimum atomic E-state index is -3.51. The second-order valence-electron chi connectivity index (χ2n) is 4.44. The number of sulfonamides is 1. The predicted octanol–water partition coefficient (Wildman–Crippen LogP) is 2.26. The maximum atomic E-state index is 12.2. The van der Waals surface area contributed by atoms with Crippen LogP contribution < -0.4 is 10.0 Å². The topological polar surface area (TPSA) is 58.2 Å². The molecule has 0 aromatic heterocycles. The Balaban J connectivity index is 2.09. The van der Waals surface area contributed by atoms with Crippen LogP contribution in [0.5, 0.6) is 0 Å². The van der Waals surface area contributed by atoms with Crippen molar-refractivity contribution in [1.29, 1.82) is 0 Å². The molecular formula is C13H17ClN2O2S2. The molecule has 7 heteroatoms. The van der Waals surface area contributed by atoms with Gasteiger partial charge in [0.15, 0.2) is 0 Å². The van der Waals surface area contributed by atoms with Gasteiger partial charge in [-0.2, -0.15) is 0 Å². The minimum absolute atomic E-state index is 0.204. The standard InChI is InChI=1S/C13H17ClN2O2S2/c1-19-13-3-2-11(8-12(13)14)20(17,18)16-9-10-4-6-15-7-5-10/h2-4,8,15-16H,5-7,9H2,1H3. The second-order valence-corrected chi connectivity index (χ2v) is 7.46. The molecule has 1 aromatic rings. The Morgan fingerprint density at radius 2 is 2.25 bits per heavy atom. The van der Waals surface area contributed by atoms with Crippen molar-refractivity contribution in [3.05, 3.63) is 34.9 Å². The van der Waals surface area contributed by atoms with Gasteiger partial charge in [0.05, 0.1) is 9.92 Å². The van der Waals surface area contributed by atoms with Gasteiger partial charge in [0, 0.05) is 18.0 Å². The molecule has 0 unspecified atom stereocenters. The summed E-state index contributed by atoms with van der Waals surface area (Å²) >= 11 is 7.54. The minimum Gasteiger partial charge on any atom is -0.313 e. The van der Waals surface area contributed by atoms with Gasteiger partial charge in [-0.3, -0.25) is 0 Å². The number of thioether (sulfide) groups is 1. The van der Waals surface area contributed by atoms with Crippen molar-refractivity contribution in [2.75, 3.05) is 25.9 Å². The summed E-state index contributed by atoms with van der Waals surface area (Å²) in [5.74, 6) is 0. The molecule has 0 radical (unpaired) electrons. The van der Waals surface area contributed by atoms with Crippen molar-refractivity contribution in [3.63, 3.8) is 0 Å². The van der Waals surface area contributed by atoms with E-state index in [0.29, 0.717) is 11.6 Å². The van der Waals surface area contributed by atoms with Gasteiger partial charge in [0.2, 0.25) is 10.0 Å². The van der Waals surface area contributed by atoms with Gasteiger partial charge in [-0.15, -0.1) is 11.8 Å². The van der Waals surface area contributed by atoms with Crippen molar-refractivity contribution in [2.24, 2.45) is 0 Å². The Bertz CT molecular complexity index is 615. The summed E-state index contributed by atoms with van der Waals surface area (Å²) in [7, 11) is -3.51. The third kappa shape index (κ3) is 3.99. The average Bonchev–Trinajstić information content (AvgIpc) is 2.46. The van der Waals surface area contributed by atoms with Gasteiger partial charge in [-0.05, 0) is 37.4 Å². The van der Waals surface area contributed by atoms with Gasteiger partial charge < -0.3 is 5.32 Å². The fraction of sp³-hybridized carbons (Fsp3) is 0.385. The lowest BCUT2D eigenvalue weighted by Gasteiger charge is -2.15. The molecule has 4 nitrogen and oxygen atoms in total. The molecule has 1 aliphatic heterocycles. The Kier molecular flexibility index (Phi) is 5.51. The molecule has 0 atom stereocenters. The zero-order valence-electron chi connectivity index (χ0n) is 11.1. The molecular weight excluding hydrogens is 316 g/mol. The molecule has 2 rings (SSSR count). The van der Waals surface area contributed by atoms with Crippen LogP contribution in [-0.4, -0.2) is 34.3 Å². The van der Waals surface area contributed by atoms with Crippen LogP contribution in [0.25, 0.3) is 0 Å². The quantitative estimate of drug-likeness (QED) is 0.641. The second kappa shape index (κ2) is 6.95. The Morgan fingerprint density at radius 3 is 2.85 bits per heavy atom. The van der Waals surface area contributed by atoms with Crippen LogP contribution >= 0.6 is 23.4 Å². The van der Waals surface area contributed by atoms with Gasteiger partial charge in [-0.1, -0.05) is 23.3 Å². The van der Waals surface area contributed by atoms with Crippen LogP contribution in [0.15, 0.2) is 39.6 Å². The molecule has 20 heavy (non-hydrogen) atoms. The molecule has 0 saturated heterocycles. The summed E-state index contributed by atoms with van der Waals surface area (Å²) in [4.78, 5) is 1.07. The summed E-state index contributed by atoms with van der Waals surface area (Å²) in [5, 5.41) is 3.65. The summed E-state index contributed by atoms with van der Waals surface area (Å²) < 4.78 is 27.0. The molecule has 0 spiro atoms. The van der Waals surface area contributed by atoms with Crippen LogP contribution in [-0.2, 0) is 10.0 Å². The Hall–Kier alpha value is -0.530. The van der Waals surface area contributed by atoms with Crippen molar-refractivity contribution < 1.29 is 8.42 Å². The number of hydrogen-bond acceptors (Lipinski definition) is 4. The first-order valence-electron chi connectivity index (χ1n) is 6.25. The van der Waals surface area contributed by atoms with Crippen LogP contribution in [0, 0.1) is 0 Å². The molecule has 110 valence electrons. The molecule has 0 fully saturated rings. The van der Waals surface area contributed by atoms with Crippen LogP contribution in [0.1, 0.15) is 6.42 Å². The van der Waals surface area contributed by atoms with E-state index >= 15 is 0 Å². The van der Waals surface area contributed by atoms with E-state index in [-0.39, 0.29) is 4.90 Å². The van der Waals surface area contributed by atoms with Crippen LogP contribution in [0.4, 0.5) is 0 Å². The third-order valence-electron chi connectivity index (χ3n) is 3.08. The Morgan fingerprint density at radius 1 is 1.45 bits per heavy atom. The number of benzene rings is 1. The summed E-state index contributed by atoms with van der Waals surface area (Å²) in [5.41, 5.74) is 1.11. The molecule has 0 aliphatic carbocycles. The van der Waals surface area contributed by atoms with Gasteiger partial charge in [0.1, 0.15) is 0 Å². The summed E-state index contributed by atoms with van der Waals surface area (Å²) in [6.45, 7) is 2.04. The van der Waals surface area contributed by atoms with Crippen LogP contribution in [0.3, 0.4) is 0 Å². The lowest BCUT2D eigenvalue weighted by molar-refractivity contribution is 0.582. The van der Waals surface area contributed by atoms with Crippen molar-refractivity contribution in [1.82, 2.24) is 10.0 Å². The van der Waals surface area contributed by atoms with E-state index in [0.717, 1.165) is 30.0 Å². The van der Waals surface area contributed by atoms with Crippen molar-refractivity contribution in [3.8, 4) is 0 Å². The zero-order valence-corrected chi connectivity index (χ0v) is 13.5. The predicted molar refractivity (Wildman–Crippen MR) is 84.0 cm³/mol. The highest BCUT2D eigenvalue weighted by Crippen LogP contribution is 2.27. The first-order valence-corrected chi connectivity index (χ1v) is 9.33. The van der Waals surface area contributed by atoms with Crippen molar-refractivity contribution >= 4 is 33.4 Å². The first-order chi connectivity index (χ1) is 9.53. The average molecular weight is 333 g/mol. The normalized spacial score (nSPS) is 16.0. The van der Waals surface area contributed by atoms with E-state index in [1.165, 1.54) is 17.8 Å². The molecule has 1 heterocycles. The highest BCUT2D eigenvalue weighted by molar-refractivity contribution is 7.98. The molecule has 2 N–H and O–H groups in total. The fourth-order valence-corrected chi connectivity index (χ4v) is 3.91. The molecule has 1 aliphatic rings. The van der Waals surface area contributed by atoms with Crippen LogP contribution in [0.2, 0.25) is 5.02 Å². The number of rotatable bonds is 5. The molecule has 1 aromatic carbocycles. The first kappa shape index (κ1) is 15.9. The lowest BCUT2D eigenvalue weighted by atomic mass is 10.1. The Labute approximate surface area is 129 Å². The number of halogens is 1.